The minimum atomic E-state index is -3.80. The summed E-state index contributed by atoms with van der Waals surface area (Å²) in [6.07, 6.45) is 4.34. The molecule has 1 aromatic carbocycles. The second kappa shape index (κ2) is 9.52. The summed E-state index contributed by atoms with van der Waals surface area (Å²) in [5.41, 5.74) is 0.940. The topological polar surface area (TPSA) is 84.0 Å². The molecule has 0 N–H and O–H groups in total. The van der Waals surface area contributed by atoms with E-state index in [0.717, 1.165) is 35.6 Å². The number of carbonyl (C=O) groups excluding carboxylic acids is 2. The van der Waals surface area contributed by atoms with Gasteiger partial charge in [0.25, 0.3) is 5.91 Å². The minimum absolute atomic E-state index is 0.106. The molecule has 7 nitrogen and oxygen atoms in total. The molecule has 0 radical (unpaired) electrons. The van der Waals surface area contributed by atoms with E-state index in [9.17, 15) is 18.0 Å². The molecule has 1 fully saturated rings. The van der Waals surface area contributed by atoms with Gasteiger partial charge >= 0.3 is 5.97 Å². The van der Waals surface area contributed by atoms with Crippen LogP contribution in [-0.4, -0.2) is 62.3 Å². The van der Waals surface area contributed by atoms with Crippen LogP contribution in [0.2, 0.25) is 0 Å². The van der Waals surface area contributed by atoms with Gasteiger partial charge in [-0.3, -0.25) is 9.59 Å². The summed E-state index contributed by atoms with van der Waals surface area (Å²) in [5.74, 6) is -1.01. The predicted octanol–water partition coefficient (Wildman–Crippen LogP) is 2.34. The first-order valence-corrected chi connectivity index (χ1v) is 11.1. The lowest BCUT2D eigenvalue weighted by molar-refractivity contribution is -0.159. The molecular formula is C20H30N2O5S. The lowest BCUT2D eigenvalue weighted by Crippen LogP contribution is -2.45. The van der Waals surface area contributed by atoms with Crippen molar-refractivity contribution in [3.05, 3.63) is 29.8 Å². The second-order valence-corrected chi connectivity index (χ2v) is 9.49. The van der Waals surface area contributed by atoms with Gasteiger partial charge in [-0.25, -0.2) is 8.42 Å². The molecule has 28 heavy (non-hydrogen) atoms. The Morgan fingerprint density at radius 1 is 1.11 bits per heavy atom. The molecule has 1 aromatic rings. The highest BCUT2D eigenvalue weighted by Gasteiger charge is 2.29. The fourth-order valence-electron chi connectivity index (χ4n) is 3.38. The number of aryl methyl sites for hydroxylation is 1. The molecule has 1 aliphatic rings. The number of rotatable bonds is 7. The zero-order valence-corrected chi connectivity index (χ0v) is 17.9. The van der Waals surface area contributed by atoms with Gasteiger partial charge in [0, 0.05) is 20.1 Å². The average molecular weight is 411 g/mol. The molecule has 0 heterocycles. The molecule has 156 valence electrons. The third-order valence-corrected chi connectivity index (χ3v) is 7.02. The van der Waals surface area contributed by atoms with Crippen molar-refractivity contribution in [1.29, 1.82) is 0 Å². The van der Waals surface area contributed by atoms with Crippen LogP contribution >= 0.6 is 0 Å². The molecule has 0 aliphatic heterocycles. The molecule has 0 unspecified atom stereocenters. The number of nitrogens with zero attached hydrogens (tertiary/aromatic N) is 2. The second-order valence-electron chi connectivity index (χ2n) is 7.45. The van der Waals surface area contributed by atoms with E-state index >= 15 is 0 Å². The molecule has 1 atom stereocenters. The van der Waals surface area contributed by atoms with E-state index in [4.69, 9.17) is 4.74 Å². The van der Waals surface area contributed by atoms with Crippen molar-refractivity contribution in [3.63, 3.8) is 0 Å². The van der Waals surface area contributed by atoms with Crippen LogP contribution in [0.15, 0.2) is 29.2 Å². The maximum atomic E-state index is 12.6. The SMILES string of the molecule is Cc1ccc(S(=O)(=O)N(C)CC(=O)O[C@H](C)C(=O)N(C)C2CCCCC2)cc1. The summed E-state index contributed by atoms with van der Waals surface area (Å²) in [4.78, 5) is 26.5. The molecule has 0 bridgehead atoms. The largest absolute Gasteiger partial charge is 0.452 e. The van der Waals surface area contributed by atoms with E-state index in [2.05, 4.69) is 0 Å². The third-order valence-electron chi connectivity index (χ3n) is 5.21. The van der Waals surface area contributed by atoms with Crippen LogP contribution in [0.1, 0.15) is 44.6 Å². The van der Waals surface area contributed by atoms with Gasteiger partial charge in [0.1, 0.15) is 6.54 Å². The van der Waals surface area contributed by atoms with Gasteiger partial charge in [-0.1, -0.05) is 37.0 Å². The lowest BCUT2D eigenvalue weighted by Gasteiger charge is -2.32. The van der Waals surface area contributed by atoms with Crippen molar-refractivity contribution < 1.29 is 22.7 Å². The molecular weight excluding hydrogens is 380 g/mol. The lowest BCUT2D eigenvalue weighted by atomic mass is 9.94. The molecule has 1 aliphatic carbocycles. The highest BCUT2D eigenvalue weighted by atomic mass is 32.2. The fourth-order valence-corrected chi connectivity index (χ4v) is 4.49. The number of esters is 1. The van der Waals surface area contributed by atoms with Gasteiger partial charge in [0.05, 0.1) is 4.90 Å². The molecule has 8 heteroatoms. The Bertz CT molecular complexity index is 785. The zero-order valence-electron chi connectivity index (χ0n) is 17.1. The molecule has 0 aromatic heterocycles. The standard InChI is InChI=1S/C20H30N2O5S/c1-15-10-12-18(13-11-15)28(25,26)21(3)14-19(23)27-16(2)20(24)22(4)17-8-6-5-7-9-17/h10-13,16-17H,5-9,14H2,1-4H3/t16-/m1/s1. The molecule has 1 amide bonds. The van der Waals surface area contributed by atoms with Crippen molar-refractivity contribution in [3.8, 4) is 0 Å². The van der Waals surface area contributed by atoms with Crippen LogP contribution in [0, 0.1) is 6.92 Å². The van der Waals surface area contributed by atoms with Crippen LogP contribution in [0.25, 0.3) is 0 Å². The summed E-state index contributed by atoms with van der Waals surface area (Å²) in [6.45, 7) is 2.93. The van der Waals surface area contributed by atoms with E-state index in [1.165, 1.54) is 32.5 Å². The van der Waals surface area contributed by atoms with E-state index in [0.29, 0.717) is 0 Å². The average Bonchev–Trinajstić information content (AvgIpc) is 2.67. The summed E-state index contributed by atoms with van der Waals surface area (Å²) >= 11 is 0. The zero-order chi connectivity index (χ0) is 20.9. The first-order chi connectivity index (χ1) is 13.1. The smallest absolute Gasteiger partial charge is 0.322 e. The number of benzene rings is 1. The minimum Gasteiger partial charge on any atom is -0.452 e. The Balaban J connectivity index is 1.92. The Kier molecular flexibility index (Phi) is 7.60. The Morgan fingerprint density at radius 2 is 1.68 bits per heavy atom. The van der Waals surface area contributed by atoms with Crippen molar-refractivity contribution in [2.45, 2.75) is 63.0 Å². The van der Waals surface area contributed by atoms with Gasteiger partial charge in [-0.2, -0.15) is 4.31 Å². The van der Waals surface area contributed by atoms with Crippen LogP contribution in [0.4, 0.5) is 0 Å². The van der Waals surface area contributed by atoms with Crippen molar-refractivity contribution in [1.82, 2.24) is 9.21 Å². The van der Waals surface area contributed by atoms with Crippen molar-refractivity contribution in [2.75, 3.05) is 20.6 Å². The predicted molar refractivity (Wildman–Crippen MR) is 106 cm³/mol. The highest BCUT2D eigenvalue weighted by Crippen LogP contribution is 2.22. The van der Waals surface area contributed by atoms with E-state index in [1.54, 1.807) is 24.1 Å². The summed E-state index contributed by atoms with van der Waals surface area (Å²) in [5, 5.41) is 0. The number of carbonyl (C=O) groups is 2. The van der Waals surface area contributed by atoms with Gasteiger partial charge in [-0.15, -0.1) is 0 Å². The Morgan fingerprint density at radius 3 is 2.25 bits per heavy atom. The maximum absolute atomic E-state index is 12.6. The number of ether oxygens (including phenoxy) is 1. The first kappa shape index (κ1) is 22.4. The Hall–Kier alpha value is -1.93. The van der Waals surface area contributed by atoms with Gasteiger partial charge in [-0.05, 0) is 38.8 Å². The maximum Gasteiger partial charge on any atom is 0.322 e. The fraction of sp³-hybridized carbons (Fsp3) is 0.600. The van der Waals surface area contributed by atoms with Gasteiger partial charge in [0.2, 0.25) is 10.0 Å². The van der Waals surface area contributed by atoms with Crippen molar-refractivity contribution in [2.24, 2.45) is 0 Å². The molecule has 0 spiro atoms. The van der Waals surface area contributed by atoms with Crippen LogP contribution in [0.3, 0.4) is 0 Å². The molecule has 2 rings (SSSR count). The quantitative estimate of drug-likeness (QED) is 0.644. The van der Waals surface area contributed by atoms with Gasteiger partial charge in [0.15, 0.2) is 6.10 Å². The molecule has 1 saturated carbocycles. The monoisotopic (exact) mass is 410 g/mol. The normalized spacial score (nSPS) is 16.6. The van der Waals surface area contributed by atoms with Gasteiger partial charge < -0.3 is 9.64 Å². The summed E-state index contributed by atoms with van der Waals surface area (Å²) in [6, 6.07) is 6.56. The van der Waals surface area contributed by atoms with Crippen LogP contribution < -0.4 is 0 Å². The summed E-state index contributed by atoms with van der Waals surface area (Å²) in [7, 11) is -0.754. The number of amides is 1. The number of sulfonamides is 1. The van der Waals surface area contributed by atoms with E-state index in [-0.39, 0.29) is 16.8 Å². The first-order valence-electron chi connectivity index (χ1n) is 9.62. The van der Waals surface area contributed by atoms with Crippen LogP contribution in [-0.2, 0) is 24.3 Å². The highest BCUT2D eigenvalue weighted by molar-refractivity contribution is 7.89. The number of likely N-dealkylation sites (N-methyl/N-ethyl adjacent to an activating group) is 2. The summed E-state index contributed by atoms with van der Waals surface area (Å²) < 4.78 is 31.3. The Labute approximate surface area is 167 Å². The van der Waals surface area contributed by atoms with Crippen LogP contribution in [0.5, 0.6) is 0 Å². The number of hydrogen-bond donors (Lipinski definition) is 0. The third kappa shape index (κ3) is 5.54. The molecule has 0 saturated heterocycles. The van der Waals surface area contributed by atoms with Crippen molar-refractivity contribution >= 4 is 21.9 Å². The van der Waals surface area contributed by atoms with E-state index in [1.807, 2.05) is 6.92 Å². The number of hydrogen-bond acceptors (Lipinski definition) is 5. The van der Waals surface area contributed by atoms with E-state index < -0.39 is 28.6 Å².